The van der Waals surface area contributed by atoms with Crippen LogP contribution in [0.3, 0.4) is 0 Å². The number of carbonyl (C=O) groups excluding carboxylic acids is 1. The summed E-state index contributed by atoms with van der Waals surface area (Å²) in [5.41, 5.74) is 0.533. The number of thiophene rings is 1. The summed E-state index contributed by atoms with van der Waals surface area (Å²) in [6, 6.07) is 10.9. The SMILES string of the molecule is COCCn1c(SCC(=O)c2cccs2)nc2ccccc2c1=O. The minimum absolute atomic E-state index is 0.0377. The van der Waals surface area contributed by atoms with Crippen molar-refractivity contribution >= 4 is 39.8 Å². The Morgan fingerprint density at radius 1 is 1.29 bits per heavy atom. The molecular weight excluding hydrogens is 344 g/mol. The first-order valence-electron chi connectivity index (χ1n) is 7.38. The number of benzene rings is 1. The molecule has 0 saturated heterocycles. The first-order chi connectivity index (χ1) is 11.7. The molecule has 5 nitrogen and oxygen atoms in total. The number of ketones is 1. The van der Waals surface area contributed by atoms with Crippen molar-refractivity contribution in [2.45, 2.75) is 11.7 Å². The molecular formula is C17H16N2O3S2. The number of carbonyl (C=O) groups is 1. The van der Waals surface area contributed by atoms with E-state index in [0.29, 0.717) is 34.1 Å². The Hall–Kier alpha value is -1.96. The second-order valence-corrected chi connectivity index (χ2v) is 6.94. The van der Waals surface area contributed by atoms with Crippen LogP contribution in [0.25, 0.3) is 10.9 Å². The molecule has 24 heavy (non-hydrogen) atoms. The molecule has 0 N–H and O–H groups in total. The fourth-order valence-corrected chi connectivity index (χ4v) is 3.94. The highest BCUT2D eigenvalue weighted by Crippen LogP contribution is 2.20. The van der Waals surface area contributed by atoms with Gasteiger partial charge < -0.3 is 4.74 Å². The van der Waals surface area contributed by atoms with E-state index in [9.17, 15) is 9.59 Å². The van der Waals surface area contributed by atoms with E-state index in [-0.39, 0.29) is 17.1 Å². The Kier molecular flexibility index (Phi) is 5.44. The zero-order valence-electron chi connectivity index (χ0n) is 13.1. The number of aromatic nitrogens is 2. The Balaban J connectivity index is 1.92. The summed E-state index contributed by atoms with van der Waals surface area (Å²) < 4.78 is 6.67. The topological polar surface area (TPSA) is 61.2 Å². The standard InChI is InChI=1S/C17H16N2O3S2/c1-22-9-8-19-16(21)12-5-2-3-6-13(12)18-17(19)24-11-14(20)15-7-4-10-23-15/h2-7,10H,8-9,11H2,1H3. The molecule has 0 saturated carbocycles. The molecule has 1 aromatic carbocycles. The van der Waals surface area contributed by atoms with Gasteiger partial charge in [0.05, 0.1) is 34.7 Å². The maximum Gasteiger partial charge on any atom is 0.262 e. The quantitative estimate of drug-likeness (QED) is 0.368. The molecule has 0 atom stereocenters. The molecule has 0 fully saturated rings. The van der Waals surface area contributed by atoms with Crippen LogP contribution in [-0.2, 0) is 11.3 Å². The van der Waals surface area contributed by atoms with Crippen molar-refractivity contribution in [3.63, 3.8) is 0 Å². The Morgan fingerprint density at radius 3 is 2.88 bits per heavy atom. The molecule has 0 aliphatic heterocycles. The van der Waals surface area contributed by atoms with Gasteiger partial charge in [0, 0.05) is 7.11 Å². The number of para-hydroxylation sites is 1. The predicted molar refractivity (Wildman–Crippen MR) is 97.3 cm³/mol. The van der Waals surface area contributed by atoms with E-state index in [4.69, 9.17) is 4.74 Å². The number of methoxy groups -OCH3 is 1. The largest absolute Gasteiger partial charge is 0.383 e. The molecule has 0 radical (unpaired) electrons. The van der Waals surface area contributed by atoms with E-state index in [2.05, 4.69) is 4.98 Å². The molecule has 0 amide bonds. The molecule has 7 heteroatoms. The summed E-state index contributed by atoms with van der Waals surface area (Å²) in [5, 5.41) is 2.99. The van der Waals surface area contributed by atoms with Gasteiger partial charge in [0.25, 0.3) is 5.56 Å². The maximum atomic E-state index is 12.7. The van der Waals surface area contributed by atoms with E-state index in [1.807, 2.05) is 29.6 Å². The zero-order chi connectivity index (χ0) is 16.9. The van der Waals surface area contributed by atoms with Gasteiger partial charge in [-0.1, -0.05) is 30.0 Å². The van der Waals surface area contributed by atoms with E-state index < -0.39 is 0 Å². The van der Waals surface area contributed by atoms with E-state index in [0.717, 1.165) is 0 Å². The van der Waals surface area contributed by atoms with Crippen LogP contribution >= 0.6 is 23.1 Å². The van der Waals surface area contributed by atoms with Crippen LogP contribution in [-0.4, -0.2) is 34.8 Å². The first-order valence-corrected chi connectivity index (χ1v) is 9.25. The van der Waals surface area contributed by atoms with Crippen LogP contribution in [0.1, 0.15) is 9.67 Å². The van der Waals surface area contributed by atoms with Crippen molar-refractivity contribution in [2.75, 3.05) is 19.5 Å². The van der Waals surface area contributed by atoms with E-state index >= 15 is 0 Å². The van der Waals surface area contributed by atoms with Crippen molar-refractivity contribution < 1.29 is 9.53 Å². The van der Waals surface area contributed by atoms with Gasteiger partial charge in [0.15, 0.2) is 10.9 Å². The number of rotatable bonds is 7. The highest BCUT2D eigenvalue weighted by molar-refractivity contribution is 7.99. The highest BCUT2D eigenvalue weighted by Gasteiger charge is 2.14. The van der Waals surface area contributed by atoms with Crippen molar-refractivity contribution in [2.24, 2.45) is 0 Å². The van der Waals surface area contributed by atoms with Gasteiger partial charge in [-0.3, -0.25) is 14.2 Å². The van der Waals surface area contributed by atoms with Crippen molar-refractivity contribution in [1.82, 2.24) is 9.55 Å². The van der Waals surface area contributed by atoms with Gasteiger partial charge in [-0.2, -0.15) is 0 Å². The summed E-state index contributed by atoms with van der Waals surface area (Å²) in [6.07, 6.45) is 0. The molecule has 3 aromatic rings. The zero-order valence-corrected chi connectivity index (χ0v) is 14.7. The Bertz CT molecular complexity index is 904. The molecule has 3 rings (SSSR count). The molecule has 124 valence electrons. The molecule has 0 bridgehead atoms. The normalized spacial score (nSPS) is 11.0. The Morgan fingerprint density at radius 2 is 2.12 bits per heavy atom. The fourth-order valence-electron chi connectivity index (χ4n) is 2.28. The third-order valence-electron chi connectivity index (χ3n) is 3.47. The lowest BCUT2D eigenvalue weighted by atomic mass is 10.2. The smallest absolute Gasteiger partial charge is 0.262 e. The average Bonchev–Trinajstić information content (AvgIpc) is 3.14. The molecule has 0 aliphatic rings. The van der Waals surface area contributed by atoms with Crippen LogP contribution in [0.5, 0.6) is 0 Å². The van der Waals surface area contributed by atoms with Crippen LogP contribution in [0.15, 0.2) is 51.7 Å². The number of thioether (sulfide) groups is 1. The molecule has 2 heterocycles. The predicted octanol–water partition coefficient (Wildman–Crippen LogP) is 3.08. The second kappa shape index (κ2) is 7.74. The lowest BCUT2D eigenvalue weighted by molar-refractivity contribution is 0.102. The average molecular weight is 360 g/mol. The van der Waals surface area contributed by atoms with Gasteiger partial charge >= 0.3 is 0 Å². The van der Waals surface area contributed by atoms with Gasteiger partial charge in [-0.15, -0.1) is 11.3 Å². The number of Topliss-reactive ketones (excluding diaryl/α,β-unsaturated/α-hetero) is 1. The number of ether oxygens (including phenoxy) is 1. The monoisotopic (exact) mass is 360 g/mol. The van der Waals surface area contributed by atoms with Gasteiger partial charge in [-0.25, -0.2) is 4.98 Å². The lowest BCUT2D eigenvalue weighted by Crippen LogP contribution is -2.25. The summed E-state index contributed by atoms with van der Waals surface area (Å²) in [5.74, 6) is 0.286. The van der Waals surface area contributed by atoms with Crippen LogP contribution in [0, 0.1) is 0 Å². The Labute approximate surface area is 147 Å². The van der Waals surface area contributed by atoms with Crippen molar-refractivity contribution in [3.05, 3.63) is 57.0 Å². The number of hydrogen-bond donors (Lipinski definition) is 0. The molecule has 0 spiro atoms. The van der Waals surface area contributed by atoms with Crippen LogP contribution in [0.4, 0.5) is 0 Å². The third-order valence-corrected chi connectivity index (χ3v) is 5.36. The summed E-state index contributed by atoms with van der Waals surface area (Å²) in [6.45, 7) is 0.815. The fraction of sp³-hybridized carbons (Fsp3) is 0.235. The molecule has 2 aromatic heterocycles. The van der Waals surface area contributed by atoms with Crippen molar-refractivity contribution in [3.8, 4) is 0 Å². The molecule has 0 unspecified atom stereocenters. The summed E-state index contributed by atoms with van der Waals surface area (Å²) >= 11 is 2.70. The van der Waals surface area contributed by atoms with Gasteiger partial charge in [0.2, 0.25) is 0 Å². The number of fused-ring (bicyclic) bond motifs is 1. The highest BCUT2D eigenvalue weighted by atomic mass is 32.2. The number of nitrogens with zero attached hydrogens (tertiary/aromatic N) is 2. The van der Waals surface area contributed by atoms with E-state index in [1.54, 1.807) is 23.8 Å². The number of hydrogen-bond acceptors (Lipinski definition) is 6. The summed E-state index contributed by atoms with van der Waals surface area (Å²) in [4.78, 5) is 30.2. The van der Waals surface area contributed by atoms with Crippen LogP contribution in [0.2, 0.25) is 0 Å². The molecule has 0 aliphatic carbocycles. The summed E-state index contributed by atoms with van der Waals surface area (Å²) in [7, 11) is 1.59. The first kappa shape index (κ1) is 16.9. The third kappa shape index (κ3) is 3.58. The van der Waals surface area contributed by atoms with Gasteiger partial charge in [0.1, 0.15) is 0 Å². The van der Waals surface area contributed by atoms with Crippen LogP contribution < -0.4 is 5.56 Å². The van der Waals surface area contributed by atoms with E-state index in [1.165, 1.54) is 23.1 Å². The minimum atomic E-state index is -0.108. The van der Waals surface area contributed by atoms with Gasteiger partial charge in [-0.05, 0) is 23.6 Å². The van der Waals surface area contributed by atoms with Crippen molar-refractivity contribution in [1.29, 1.82) is 0 Å². The lowest BCUT2D eigenvalue weighted by Gasteiger charge is -2.12. The second-order valence-electron chi connectivity index (χ2n) is 5.05. The minimum Gasteiger partial charge on any atom is -0.383 e. The maximum absolute atomic E-state index is 12.7.